The number of carbonyl (C=O) groups excluding carboxylic acids is 1. The SMILES string of the molecule is N#CCNC(=O)CNCc1ccoc1. The predicted octanol–water partition coefficient (Wildman–Crippen LogP) is 0.00898. The monoisotopic (exact) mass is 193 g/mol. The van der Waals surface area contributed by atoms with Crippen LogP contribution in [0.4, 0.5) is 0 Å². The molecule has 0 aliphatic carbocycles. The molecule has 1 aromatic heterocycles. The van der Waals surface area contributed by atoms with E-state index in [0.717, 1.165) is 5.56 Å². The Labute approximate surface area is 81.7 Å². The van der Waals surface area contributed by atoms with E-state index in [-0.39, 0.29) is 19.0 Å². The van der Waals surface area contributed by atoms with Crippen LogP contribution in [-0.2, 0) is 11.3 Å². The van der Waals surface area contributed by atoms with E-state index in [1.165, 1.54) is 0 Å². The Morgan fingerprint density at radius 2 is 2.50 bits per heavy atom. The number of nitrogens with one attached hydrogen (secondary N) is 2. The highest BCUT2D eigenvalue weighted by Gasteiger charge is 1.99. The molecule has 0 aliphatic rings. The average molecular weight is 193 g/mol. The molecule has 0 aromatic carbocycles. The van der Waals surface area contributed by atoms with E-state index < -0.39 is 0 Å². The minimum atomic E-state index is -0.185. The van der Waals surface area contributed by atoms with Gasteiger partial charge in [0.1, 0.15) is 6.54 Å². The van der Waals surface area contributed by atoms with Crippen LogP contribution >= 0.6 is 0 Å². The van der Waals surface area contributed by atoms with Gasteiger partial charge in [-0.2, -0.15) is 5.26 Å². The van der Waals surface area contributed by atoms with Gasteiger partial charge in [-0.1, -0.05) is 0 Å². The van der Waals surface area contributed by atoms with E-state index in [1.807, 2.05) is 12.1 Å². The summed E-state index contributed by atoms with van der Waals surface area (Å²) in [6.45, 7) is 0.829. The van der Waals surface area contributed by atoms with Crippen LogP contribution in [0.15, 0.2) is 23.0 Å². The van der Waals surface area contributed by atoms with Crippen LogP contribution in [0.5, 0.6) is 0 Å². The van der Waals surface area contributed by atoms with Crippen LogP contribution in [0, 0.1) is 11.3 Å². The average Bonchev–Trinajstić information content (AvgIpc) is 2.67. The summed E-state index contributed by atoms with van der Waals surface area (Å²) in [7, 11) is 0. The first kappa shape index (κ1) is 10.3. The van der Waals surface area contributed by atoms with E-state index in [1.54, 1.807) is 12.5 Å². The van der Waals surface area contributed by atoms with Gasteiger partial charge in [0.05, 0.1) is 25.1 Å². The maximum atomic E-state index is 11.0. The molecule has 1 amide bonds. The summed E-state index contributed by atoms with van der Waals surface area (Å²) in [4.78, 5) is 11.0. The van der Waals surface area contributed by atoms with Gasteiger partial charge in [0.25, 0.3) is 0 Å². The predicted molar refractivity (Wildman–Crippen MR) is 49.0 cm³/mol. The highest BCUT2D eigenvalue weighted by molar-refractivity contribution is 5.78. The molecule has 2 N–H and O–H groups in total. The Balaban J connectivity index is 2.10. The van der Waals surface area contributed by atoms with Gasteiger partial charge >= 0.3 is 0 Å². The molecular formula is C9H11N3O2. The highest BCUT2D eigenvalue weighted by atomic mass is 16.3. The maximum absolute atomic E-state index is 11.0. The third-order valence-electron chi connectivity index (χ3n) is 1.56. The van der Waals surface area contributed by atoms with Crippen molar-refractivity contribution in [2.24, 2.45) is 0 Å². The Hall–Kier alpha value is -1.80. The fraction of sp³-hybridized carbons (Fsp3) is 0.333. The molecular weight excluding hydrogens is 182 g/mol. The Kier molecular flexibility index (Phi) is 4.24. The quantitative estimate of drug-likeness (QED) is 0.646. The van der Waals surface area contributed by atoms with Gasteiger partial charge in [0, 0.05) is 12.1 Å². The third kappa shape index (κ3) is 3.74. The summed E-state index contributed by atoms with van der Waals surface area (Å²) in [6.07, 6.45) is 3.19. The van der Waals surface area contributed by atoms with Crippen LogP contribution < -0.4 is 10.6 Å². The number of hydrogen-bond donors (Lipinski definition) is 2. The van der Waals surface area contributed by atoms with Crippen molar-refractivity contribution < 1.29 is 9.21 Å². The van der Waals surface area contributed by atoms with Crippen molar-refractivity contribution in [1.29, 1.82) is 5.26 Å². The van der Waals surface area contributed by atoms with Crippen LogP contribution in [0.25, 0.3) is 0 Å². The van der Waals surface area contributed by atoms with Gasteiger partial charge in [0.2, 0.25) is 5.91 Å². The second-order valence-electron chi connectivity index (χ2n) is 2.67. The van der Waals surface area contributed by atoms with Crippen molar-refractivity contribution in [2.75, 3.05) is 13.1 Å². The Morgan fingerprint density at radius 3 is 3.14 bits per heavy atom. The summed E-state index contributed by atoms with van der Waals surface area (Å²) in [5, 5.41) is 13.5. The van der Waals surface area contributed by atoms with Crippen LogP contribution in [-0.4, -0.2) is 19.0 Å². The van der Waals surface area contributed by atoms with Crippen molar-refractivity contribution in [1.82, 2.24) is 10.6 Å². The molecule has 0 aliphatic heterocycles. The number of nitrogens with zero attached hydrogens (tertiary/aromatic N) is 1. The van der Waals surface area contributed by atoms with Crippen molar-refractivity contribution in [3.8, 4) is 6.07 Å². The second kappa shape index (κ2) is 5.78. The fourth-order valence-electron chi connectivity index (χ4n) is 0.914. The number of carbonyl (C=O) groups is 1. The van der Waals surface area contributed by atoms with E-state index in [9.17, 15) is 4.79 Å². The fourth-order valence-corrected chi connectivity index (χ4v) is 0.914. The molecule has 0 unspecified atom stereocenters. The van der Waals surface area contributed by atoms with Gasteiger partial charge in [-0.25, -0.2) is 0 Å². The van der Waals surface area contributed by atoms with Crippen molar-refractivity contribution in [3.05, 3.63) is 24.2 Å². The summed E-state index contributed by atoms with van der Waals surface area (Å²) in [6, 6.07) is 3.65. The molecule has 0 bridgehead atoms. The van der Waals surface area contributed by atoms with Crippen molar-refractivity contribution in [2.45, 2.75) is 6.54 Å². The molecule has 0 saturated carbocycles. The Morgan fingerprint density at radius 1 is 1.64 bits per heavy atom. The second-order valence-corrected chi connectivity index (χ2v) is 2.67. The number of nitriles is 1. The molecule has 0 fully saturated rings. The molecule has 0 saturated heterocycles. The number of hydrogen-bond acceptors (Lipinski definition) is 4. The van der Waals surface area contributed by atoms with Crippen molar-refractivity contribution in [3.63, 3.8) is 0 Å². The molecule has 74 valence electrons. The van der Waals surface area contributed by atoms with Crippen LogP contribution in [0.1, 0.15) is 5.56 Å². The molecule has 0 atom stereocenters. The number of furan rings is 1. The summed E-state index contributed by atoms with van der Waals surface area (Å²) in [5.74, 6) is -0.185. The maximum Gasteiger partial charge on any atom is 0.234 e. The van der Waals surface area contributed by atoms with Crippen molar-refractivity contribution >= 4 is 5.91 Å². The first-order valence-electron chi connectivity index (χ1n) is 4.18. The first-order valence-corrected chi connectivity index (χ1v) is 4.18. The lowest BCUT2D eigenvalue weighted by molar-refractivity contribution is -0.120. The van der Waals surface area contributed by atoms with E-state index in [0.29, 0.717) is 6.54 Å². The summed E-state index contributed by atoms with van der Waals surface area (Å²) < 4.78 is 4.85. The molecule has 14 heavy (non-hydrogen) atoms. The highest BCUT2D eigenvalue weighted by Crippen LogP contribution is 1.97. The topological polar surface area (TPSA) is 78.1 Å². The first-order chi connectivity index (χ1) is 6.83. The van der Waals surface area contributed by atoms with Gasteiger partial charge in [-0.3, -0.25) is 4.79 Å². The van der Waals surface area contributed by atoms with E-state index >= 15 is 0 Å². The van der Waals surface area contributed by atoms with Gasteiger partial charge in [-0.15, -0.1) is 0 Å². The van der Waals surface area contributed by atoms with Crippen LogP contribution in [0.2, 0.25) is 0 Å². The standard InChI is InChI=1S/C9H11N3O2/c10-2-3-12-9(13)6-11-5-8-1-4-14-7-8/h1,4,7,11H,3,5-6H2,(H,12,13). The normalized spacial score (nSPS) is 9.36. The smallest absolute Gasteiger partial charge is 0.234 e. The summed E-state index contributed by atoms with van der Waals surface area (Å²) in [5.41, 5.74) is 0.984. The lowest BCUT2D eigenvalue weighted by atomic mass is 10.3. The minimum absolute atomic E-state index is 0.0478. The molecule has 1 rings (SSSR count). The molecule has 5 heteroatoms. The zero-order chi connectivity index (χ0) is 10.2. The zero-order valence-electron chi connectivity index (χ0n) is 7.62. The number of amides is 1. The van der Waals surface area contributed by atoms with E-state index in [2.05, 4.69) is 10.6 Å². The largest absolute Gasteiger partial charge is 0.472 e. The van der Waals surface area contributed by atoms with Gasteiger partial charge in [0.15, 0.2) is 0 Å². The minimum Gasteiger partial charge on any atom is -0.472 e. The van der Waals surface area contributed by atoms with Crippen LogP contribution in [0.3, 0.4) is 0 Å². The lowest BCUT2D eigenvalue weighted by Gasteiger charge is -2.01. The molecule has 1 heterocycles. The zero-order valence-corrected chi connectivity index (χ0v) is 7.62. The molecule has 0 spiro atoms. The Bertz CT molecular complexity index is 313. The summed E-state index contributed by atoms with van der Waals surface area (Å²) >= 11 is 0. The van der Waals surface area contributed by atoms with Gasteiger partial charge in [-0.05, 0) is 6.07 Å². The van der Waals surface area contributed by atoms with Gasteiger partial charge < -0.3 is 15.1 Å². The molecule has 5 nitrogen and oxygen atoms in total. The number of rotatable bonds is 5. The lowest BCUT2D eigenvalue weighted by Crippen LogP contribution is -2.33. The molecule has 0 radical (unpaired) electrons. The van der Waals surface area contributed by atoms with E-state index in [4.69, 9.17) is 9.68 Å². The third-order valence-corrected chi connectivity index (χ3v) is 1.56. The molecule has 1 aromatic rings.